The van der Waals surface area contributed by atoms with Gasteiger partial charge in [0.1, 0.15) is 17.4 Å². The molecule has 3 amide bonds. The Balaban J connectivity index is 1.74. The highest BCUT2D eigenvalue weighted by molar-refractivity contribution is 7.09. The second-order valence-electron chi connectivity index (χ2n) is 11.0. The van der Waals surface area contributed by atoms with Crippen molar-refractivity contribution >= 4 is 29.4 Å². The van der Waals surface area contributed by atoms with Gasteiger partial charge in [-0.05, 0) is 74.7 Å². The molecule has 0 saturated heterocycles. The summed E-state index contributed by atoms with van der Waals surface area (Å²) in [5.74, 6) is 0.453. The SMILES string of the molecule is COc1cccc(CN(Cc2cccs2)C(=O)C(CCCCN(Cc2ccccc2)C(=O)O)NC(=O)OC(C)(C)C)c1. The first kappa shape index (κ1) is 32.5. The van der Waals surface area contributed by atoms with Crippen LogP contribution in [-0.2, 0) is 29.2 Å². The minimum Gasteiger partial charge on any atom is -0.497 e. The van der Waals surface area contributed by atoms with Gasteiger partial charge in [0, 0.05) is 24.5 Å². The molecule has 0 bridgehead atoms. The number of methoxy groups -OCH3 is 1. The Morgan fingerprint density at radius 1 is 0.905 bits per heavy atom. The van der Waals surface area contributed by atoms with Gasteiger partial charge in [0.15, 0.2) is 0 Å². The molecule has 2 N–H and O–H groups in total. The average molecular weight is 596 g/mol. The lowest BCUT2D eigenvalue weighted by Crippen LogP contribution is -2.49. The molecule has 42 heavy (non-hydrogen) atoms. The minimum atomic E-state index is -1.00. The zero-order valence-corrected chi connectivity index (χ0v) is 25.6. The van der Waals surface area contributed by atoms with Crippen molar-refractivity contribution in [3.05, 3.63) is 88.1 Å². The van der Waals surface area contributed by atoms with Crippen LogP contribution in [0.5, 0.6) is 5.75 Å². The summed E-state index contributed by atoms with van der Waals surface area (Å²) < 4.78 is 10.8. The number of carbonyl (C=O) groups is 3. The summed E-state index contributed by atoms with van der Waals surface area (Å²) in [4.78, 5) is 42.8. The van der Waals surface area contributed by atoms with E-state index in [9.17, 15) is 19.5 Å². The van der Waals surface area contributed by atoms with Gasteiger partial charge in [0.25, 0.3) is 0 Å². The molecule has 0 aliphatic rings. The van der Waals surface area contributed by atoms with Crippen LogP contribution in [0, 0.1) is 0 Å². The molecule has 3 aromatic rings. The second kappa shape index (κ2) is 15.8. The molecule has 10 heteroatoms. The number of hydrogen-bond acceptors (Lipinski definition) is 6. The van der Waals surface area contributed by atoms with Crippen LogP contribution in [-0.4, -0.2) is 58.3 Å². The van der Waals surface area contributed by atoms with E-state index in [2.05, 4.69) is 5.32 Å². The molecule has 1 atom stereocenters. The molecule has 0 spiro atoms. The number of hydrogen-bond donors (Lipinski definition) is 2. The predicted molar refractivity (Wildman–Crippen MR) is 163 cm³/mol. The number of alkyl carbamates (subject to hydrolysis) is 1. The van der Waals surface area contributed by atoms with Crippen LogP contribution in [0.4, 0.5) is 9.59 Å². The summed E-state index contributed by atoms with van der Waals surface area (Å²) in [6.45, 7) is 6.59. The molecule has 0 aliphatic carbocycles. The van der Waals surface area contributed by atoms with Crippen LogP contribution in [0.3, 0.4) is 0 Å². The summed E-state index contributed by atoms with van der Waals surface area (Å²) in [6, 6.07) is 20.0. The van der Waals surface area contributed by atoms with Gasteiger partial charge in [-0.3, -0.25) is 4.79 Å². The van der Waals surface area contributed by atoms with Gasteiger partial charge in [0.2, 0.25) is 5.91 Å². The molecule has 0 saturated carbocycles. The van der Waals surface area contributed by atoms with Crippen molar-refractivity contribution in [3.63, 3.8) is 0 Å². The van der Waals surface area contributed by atoms with Crippen molar-refractivity contribution in [3.8, 4) is 5.75 Å². The summed E-state index contributed by atoms with van der Waals surface area (Å²) in [5, 5.41) is 14.5. The summed E-state index contributed by atoms with van der Waals surface area (Å²) in [5.41, 5.74) is 1.07. The molecule has 226 valence electrons. The van der Waals surface area contributed by atoms with Crippen molar-refractivity contribution in [1.82, 2.24) is 15.1 Å². The van der Waals surface area contributed by atoms with Gasteiger partial charge >= 0.3 is 12.2 Å². The average Bonchev–Trinajstić information content (AvgIpc) is 3.46. The van der Waals surface area contributed by atoms with Gasteiger partial charge < -0.3 is 29.7 Å². The first-order valence-electron chi connectivity index (χ1n) is 14.0. The largest absolute Gasteiger partial charge is 0.497 e. The zero-order chi connectivity index (χ0) is 30.5. The van der Waals surface area contributed by atoms with Gasteiger partial charge in [-0.2, -0.15) is 0 Å². The zero-order valence-electron chi connectivity index (χ0n) is 24.7. The predicted octanol–water partition coefficient (Wildman–Crippen LogP) is 6.53. The first-order valence-corrected chi connectivity index (χ1v) is 14.9. The topological polar surface area (TPSA) is 108 Å². The third-order valence-corrected chi connectivity index (χ3v) is 7.25. The van der Waals surface area contributed by atoms with Crippen LogP contribution in [0.15, 0.2) is 72.1 Å². The second-order valence-corrected chi connectivity index (χ2v) is 12.0. The number of carboxylic acid groups (broad SMARTS) is 1. The van der Waals surface area contributed by atoms with E-state index >= 15 is 0 Å². The lowest BCUT2D eigenvalue weighted by molar-refractivity contribution is -0.135. The van der Waals surface area contributed by atoms with E-state index in [1.807, 2.05) is 72.1 Å². The highest BCUT2D eigenvalue weighted by atomic mass is 32.1. The molecule has 2 aromatic carbocycles. The first-order chi connectivity index (χ1) is 20.0. The number of nitrogens with one attached hydrogen (secondary N) is 1. The fraction of sp³-hybridized carbons (Fsp3) is 0.406. The van der Waals surface area contributed by atoms with Crippen LogP contribution < -0.4 is 10.1 Å². The number of unbranched alkanes of at least 4 members (excludes halogenated alkanes) is 1. The fourth-order valence-corrected chi connectivity index (χ4v) is 5.14. The van der Waals surface area contributed by atoms with Crippen LogP contribution in [0.25, 0.3) is 0 Å². The summed E-state index contributed by atoms with van der Waals surface area (Å²) in [7, 11) is 1.60. The molecular weight excluding hydrogens is 554 g/mol. The lowest BCUT2D eigenvalue weighted by Gasteiger charge is -2.29. The third-order valence-electron chi connectivity index (χ3n) is 6.39. The van der Waals surface area contributed by atoms with Crippen molar-refractivity contribution in [1.29, 1.82) is 0 Å². The van der Waals surface area contributed by atoms with E-state index in [0.29, 0.717) is 44.6 Å². The van der Waals surface area contributed by atoms with Crippen molar-refractivity contribution in [2.24, 2.45) is 0 Å². The molecule has 1 unspecified atom stereocenters. The quantitative estimate of drug-likeness (QED) is 0.205. The number of nitrogens with zero attached hydrogens (tertiary/aromatic N) is 2. The standard InChI is InChI=1S/C32H41N3O6S/c1-32(2,3)41-30(37)33-28(17-8-9-18-34(31(38)39)21-24-12-6-5-7-13-24)29(36)35(23-27-16-11-19-42-27)22-25-14-10-15-26(20-25)40-4/h5-7,10-16,19-20,28H,8-9,17-18,21-23H2,1-4H3,(H,33,37)(H,38,39). The van der Waals surface area contributed by atoms with Crippen LogP contribution in [0.2, 0.25) is 0 Å². The molecular formula is C32H41N3O6S. The van der Waals surface area contributed by atoms with Crippen molar-refractivity contribution in [2.75, 3.05) is 13.7 Å². The van der Waals surface area contributed by atoms with Crippen molar-refractivity contribution in [2.45, 2.75) is 71.3 Å². The van der Waals surface area contributed by atoms with E-state index in [4.69, 9.17) is 9.47 Å². The number of carbonyl (C=O) groups excluding carboxylic acids is 2. The van der Waals surface area contributed by atoms with Gasteiger partial charge in [-0.1, -0.05) is 48.5 Å². The monoisotopic (exact) mass is 595 g/mol. The highest BCUT2D eigenvalue weighted by Gasteiger charge is 2.28. The van der Waals surface area contributed by atoms with E-state index < -0.39 is 23.8 Å². The molecule has 9 nitrogen and oxygen atoms in total. The lowest BCUT2D eigenvalue weighted by atomic mass is 10.1. The number of thiophene rings is 1. The highest BCUT2D eigenvalue weighted by Crippen LogP contribution is 2.20. The maximum atomic E-state index is 14.0. The van der Waals surface area contributed by atoms with E-state index in [0.717, 1.165) is 16.0 Å². The molecule has 0 fully saturated rings. The van der Waals surface area contributed by atoms with Crippen molar-refractivity contribution < 1.29 is 29.0 Å². The number of benzene rings is 2. The summed E-state index contributed by atoms with van der Waals surface area (Å²) in [6.07, 6.45) is -0.291. The maximum absolute atomic E-state index is 14.0. The maximum Gasteiger partial charge on any atom is 0.408 e. The van der Waals surface area contributed by atoms with Crippen LogP contribution in [0.1, 0.15) is 56.0 Å². The Kier molecular flexibility index (Phi) is 12.2. The Bertz CT molecular complexity index is 1280. The molecule has 0 radical (unpaired) electrons. The third kappa shape index (κ3) is 11.1. The Morgan fingerprint density at radius 3 is 2.26 bits per heavy atom. The number of ether oxygens (including phenoxy) is 2. The number of rotatable bonds is 14. The Labute approximate surface area is 252 Å². The van der Waals surface area contributed by atoms with Gasteiger partial charge in [0.05, 0.1) is 13.7 Å². The molecule has 3 rings (SSSR count). The smallest absolute Gasteiger partial charge is 0.408 e. The van der Waals surface area contributed by atoms with Crippen LogP contribution >= 0.6 is 11.3 Å². The van der Waals surface area contributed by atoms with Gasteiger partial charge in [-0.25, -0.2) is 9.59 Å². The fourth-order valence-electron chi connectivity index (χ4n) is 4.42. The molecule has 1 aromatic heterocycles. The normalized spacial score (nSPS) is 11.8. The number of amides is 3. The Morgan fingerprint density at radius 2 is 1.62 bits per heavy atom. The summed E-state index contributed by atoms with van der Waals surface area (Å²) >= 11 is 1.56. The molecule has 0 aliphatic heterocycles. The minimum absolute atomic E-state index is 0.239. The Hall–Kier alpha value is -4.05. The van der Waals surface area contributed by atoms with E-state index in [1.54, 1.807) is 44.1 Å². The van der Waals surface area contributed by atoms with E-state index in [-0.39, 0.29) is 12.5 Å². The van der Waals surface area contributed by atoms with Gasteiger partial charge in [-0.15, -0.1) is 11.3 Å². The molecule has 1 heterocycles. The van der Waals surface area contributed by atoms with E-state index in [1.165, 1.54) is 4.90 Å².